The van der Waals surface area contributed by atoms with Gasteiger partial charge in [0.2, 0.25) is 0 Å². The summed E-state index contributed by atoms with van der Waals surface area (Å²) in [4.78, 5) is 35.9. The average Bonchev–Trinajstić information content (AvgIpc) is 2.99. The van der Waals surface area contributed by atoms with Gasteiger partial charge in [-0.05, 0) is 68.1 Å². The lowest BCUT2D eigenvalue weighted by Crippen LogP contribution is -2.56. The fourth-order valence-electron chi connectivity index (χ4n) is 8.13. The molecular formula is C26H38O6. The molecule has 32 heavy (non-hydrogen) atoms. The van der Waals surface area contributed by atoms with E-state index in [9.17, 15) is 14.4 Å². The van der Waals surface area contributed by atoms with Crippen LogP contribution < -0.4 is 0 Å². The third kappa shape index (κ3) is 3.58. The highest BCUT2D eigenvalue weighted by Gasteiger charge is 2.66. The molecule has 0 N–H and O–H groups in total. The number of methoxy groups -OCH3 is 1. The van der Waals surface area contributed by atoms with E-state index in [4.69, 9.17) is 14.2 Å². The van der Waals surface area contributed by atoms with Crippen LogP contribution >= 0.6 is 0 Å². The third-order valence-corrected chi connectivity index (χ3v) is 9.68. The Balaban J connectivity index is 1.62. The number of ether oxygens (including phenoxy) is 3. The number of hydrogen-bond donors (Lipinski definition) is 0. The second-order valence-electron chi connectivity index (χ2n) is 11.1. The van der Waals surface area contributed by atoms with Crippen LogP contribution in [0.2, 0.25) is 0 Å². The molecule has 0 radical (unpaired) electrons. The smallest absolute Gasteiger partial charge is 0.309 e. The summed E-state index contributed by atoms with van der Waals surface area (Å²) >= 11 is 0. The van der Waals surface area contributed by atoms with Gasteiger partial charge in [-0.1, -0.05) is 25.5 Å². The van der Waals surface area contributed by atoms with Crippen molar-refractivity contribution in [1.82, 2.24) is 0 Å². The molecule has 3 fully saturated rings. The van der Waals surface area contributed by atoms with Crippen molar-refractivity contribution in [3.05, 3.63) is 11.6 Å². The molecule has 4 rings (SSSR count). The van der Waals surface area contributed by atoms with E-state index in [1.807, 2.05) is 0 Å². The monoisotopic (exact) mass is 446 g/mol. The SMILES string of the molecule is COC(=O)C[C@]1(OC(C)=O)CC[C@@H]2[C@@H]3CC=C4C[C@H](OC(C)=O)CC[C@]4(C)[C@@H]3CC[C@]21C. The van der Waals surface area contributed by atoms with E-state index < -0.39 is 5.60 Å². The normalized spacial score (nSPS) is 42.6. The number of esters is 3. The Morgan fingerprint density at radius 2 is 1.72 bits per heavy atom. The topological polar surface area (TPSA) is 78.9 Å². The number of rotatable bonds is 4. The highest BCUT2D eigenvalue weighted by molar-refractivity contribution is 5.73. The molecular weight excluding hydrogens is 408 g/mol. The van der Waals surface area contributed by atoms with E-state index in [0.717, 1.165) is 44.9 Å². The third-order valence-electron chi connectivity index (χ3n) is 9.68. The predicted molar refractivity (Wildman–Crippen MR) is 118 cm³/mol. The predicted octanol–water partition coefficient (Wildman–Crippen LogP) is 4.75. The van der Waals surface area contributed by atoms with Gasteiger partial charge in [0.15, 0.2) is 0 Å². The molecule has 0 amide bonds. The van der Waals surface area contributed by atoms with Crippen LogP contribution in [0.1, 0.15) is 85.5 Å². The fourth-order valence-corrected chi connectivity index (χ4v) is 8.13. The van der Waals surface area contributed by atoms with Gasteiger partial charge in [-0.25, -0.2) is 0 Å². The number of carbonyl (C=O) groups is 3. The van der Waals surface area contributed by atoms with Crippen molar-refractivity contribution in [3.8, 4) is 0 Å². The number of allylic oxidation sites excluding steroid dienone is 1. The van der Waals surface area contributed by atoms with E-state index in [-0.39, 0.29) is 41.3 Å². The maximum atomic E-state index is 12.3. The molecule has 0 aromatic rings. The van der Waals surface area contributed by atoms with Crippen LogP contribution in [0.3, 0.4) is 0 Å². The van der Waals surface area contributed by atoms with Crippen LogP contribution in [0.4, 0.5) is 0 Å². The molecule has 6 nitrogen and oxygen atoms in total. The molecule has 0 heterocycles. The second kappa shape index (κ2) is 8.18. The molecule has 0 aromatic heterocycles. The first-order chi connectivity index (χ1) is 15.0. The minimum atomic E-state index is -0.778. The molecule has 7 atom stereocenters. The second-order valence-corrected chi connectivity index (χ2v) is 11.1. The zero-order valence-electron chi connectivity index (χ0n) is 20.2. The fraction of sp³-hybridized carbons (Fsp3) is 0.808. The average molecular weight is 447 g/mol. The lowest BCUT2D eigenvalue weighted by atomic mass is 9.46. The summed E-state index contributed by atoms with van der Waals surface area (Å²) in [6, 6.07) is 0. The molecule has 6 heteroatoms. The molecule has 4 aliphatic carbocycles. The van der Waals surface area contributed by atoms with Crippen molar-refractivity contribution in [2.24, 2.45) is 28.6 Å². The van der Waals surface area contributed by atoms with Gasteiger partial charge in [0, 0.05) is 25.7 Å². The molecule has 0 bridgehead atoms. The molecule has 3 saturated carbocycles. The molecule has 4 aliphatic rings. The van der Waals surface area contributed by atoms with Crippen molar-refractivity contribution >= 4 is 17.9 Å². The van der Waals surface area contributed by atoms with Gasteiger partial charge < -0.3 is 14.2 Å². The number of fused-ring (bicyclic) bond motifs is 5. The molecule has 178 valence electrons. The molecule has 0 aliphatic heterocycles. The van der Waals surface area contributed by atoms with E-state index >= 15 is 0 Å². The summed E-state index contributed by atoms with van der Waals surface area (Å²) in [5.74, 6) is 0.676. The highest BCUT2D eigenvalue weighted by atomic mass is 16.6. The largest absolute Gasteiger partial charge is 0.469 e. The van der Waals surface area contributed by atoms with E-state index in [2.05, 4.69) is 19.9 Å². The van der Waals surface area contributed by atoms with Gasteiger partial charge in [-0.2, -0.15) is 0 Å². The lowest BCUT2D eigenvalue weighted by molar-refractivity contribution is -0.188. The van der Waals surface area contributed by atoms with E-state index in [0.29, 0.717) is 24.2 Å². The summed E-state index contributed by atoms with van der Waals surface area (Å²) in [6.45, 7) is 7.58. The zero-order chi connectivity index (χ0) is 23.3. The Hall–Kier alpha value is -1.85. The Labute approximate surface area is 191 Å². The van der Waals surface area contributed by atoms with Gasteiger partial charge in [0.05, 0.1) is 13.5 Å². The van der Waals surface area contributed by atoms with E-state index in [1.165, 1.54) is 26.5 Å². The summed E-state index contributed by atoms with van der Waals surface area (Å²) in [6.07, 6.45) is 10.1. The van der Waals surface area contributed by atoms with Crippen molar-refractivity contribution in [1.29, 1.82) is 0 Å². The Kier molecular flexibility index (Phi) is 5.96. The van der Waals surface area contributed by atoms with E-state index in [1.54, 1.807) is 0 Å². The molecule has 0 aromatic carbocycles. The van der Waals surface area contributed by atoms with Crippen LogP contribution in [-0.2, 0) is 28.6 Å². The van der Waals surface area contributed by atoms with Crippen LogP contribution in [-0.4, -0.2) is 36.7 Å². The minimum absolute atomic E-state index is 0.000356. The summed E-state index contributed by atoms with van der Waals surface area (Å²) in [7, 11) is 1.40. The van der Waals surface area contributed by atoms with Gasteiger partial charge in [-0.15, -0.1) is 0 Å². The maximum absolute atomic E-state index is 12.3. The Morgan fingerprint density at radius 1 is 1.00 bits per heavy atom. The Bertz CT molecular complexity index is 832. The minimum Gasteiger partial charge on any atom is -0.469 e. The first-order valence-corrected chi connectivity index (χ1v) is 12.2. The van der Waals surface area contributed by atoms with Crippen molar-refractivity contribution in [2.45, 2.75) is 97.2 Å². The molecule has 0 saturated heterocycles. The van der Waals surface area contributed by atoms with Crippen LogP contribution in [0.15, 0.2) is 11.6 Å². The van der Waals surface area contributed by atoms with Crippen LogP contribution in [0, 0.1) is 28.6 Å². The van der Waals surface area contributed by atoms with Gasteiger partial charge in [0.25, 0.3) is 0 Å². The summed E-state index contributed by atoms with van der Waals surface area (Å²) < 4.78 is 16.5. The highest BCUT2D eigenvalue weighted by Crippen LogP contribution is 2.68. The summed E-state index contributed by atoms with van der Waals surface area (Å²) in [5, 5.41) is 0. The first kappa shape index (κ1) is 23.3. The van der Waals surface area contributed by atoms with Crippen molar-refractivity contribution in [2.75, 3.05) is 7.11 Å². The van der Waals surface area contributed by atoms with Crippen molar-refractivity contribution in [3.63, 3.8) is 0 Å². The van der Waals surface area contributed by atoms with Gasteiger partial charge in [0.1, 0.15) is 11.7 Å². The van der Waals surface area contributed by atoms with Crippen LogP contribution in [0.25, 0.3) is 0 Å². The van der Waals surface area contributed by atoms with Crippen LogP contribution in [0.5, 0.6) is 0 Å². The van der Waals surface area contributed by atoms with Gasteiger partial charge >= 0.3 is 17.9 Å². The standard InChI is InChI=1S/C26H38O6/c1-16(27)31-19-8-11-24(3)18(14-19)6-7-20-21(24)9-12-25(4)22(20)10-13-26(25,32-17(2)28)15-23(29)30-5/h6,19-22H,7-15H2,1-5H3/t19-,20-,21-,22-,24+,25-,26-/m1/s1. The quantitative estimate of drug-likeness (QED) is 0.352. The van der Waals surface area contributed by atoms with Gasteiger partial charge in [-0.3, -0.25) is 14.4 Å². The zero-order valence-corrected chi connectivity index (χ0v) is 20.2. The lowest BCUT2D eigenvalue weighted by Gasteiger charge is -2.59. The summed E-state index contributed by atoms with van der Waals surface area (Å²) in [5.41, 5.74) is 0.582. The Morgan fingerprint density at radius 3 is 2.38 bits per heavy atom. The molecule has 0 spiro atoms. The number of hydrogen-bond acceptors (Lipinski definition) is 6. The first-order valence-electron chi connectivity index (χ1n) is 12.2. The van der Waals surface area contributed by atoms with Crippen molar-refractivity contribution < 1.29 is 28.6 Å². The molecule has 0 unspecified atom stereocenters. The maximum Gasteiger partial charge on any atom is 0.309 e. The number of carbonyl (C=O) groups excluding carboxylic acids is 3.